The molecule has 1 unspecified atom stereocenters. The van der Waals surface area contributed by atoms with Gasteiger partial charge >= 0.3 is 0 Å². The van der Waals surface area contributed by atoms with Gasteiger partial charge in [-0.05, 0) is 13.3 Å². The van der Waals surface area contributed by atoms with Gasteiger partial charge in [0.15, 0.2) is 0 Å². The highest BCUT2D eigenvalue weighted by atomic mass is 32.1. The van der Waals surface area contributed by atoms with Crippen molar-refractivity contribution in [2.45, 2.75) is 32.8 Å². The van der Waals surface area contributed by atoms with E-state index in [2.05, 4.69) is 21.9 Å². The highest BCUT2D eigenvalue weighted by Crippen LogP contribution is 2.23. The zero-order chi connectivity index (χ0) is 14.1. The van der Waals surface area contributed by atoms with Gasteiger partial charge in [0.2, 0.25) is 10.1 Å². The van der Waals surface area contributed by atoms with Crippen LogP contribution in [0, 0.1) is 0 Å². The number of aryl methyl sites for hydroxylation is 1. The average Bonchev–Trinajstić information content (AvgIpc) is 2.84. The fraction of sp³-hybridized carbons (Fsp3) is 0.615. The molecule has 2 aromatic heterocycles. The van der Waals surface area contributed by atoms with Gasteiger partial charge in [0.1, 0.15) is 0 Å². The van der Waals surface area contributed by atoms with E-state index in [1.807, 2.05) is 6.92 Å². The van der Waals surface area contributed by atoms with Crippen molar-refractivity contribution in [2.75, 3.05) is 24.6 Å². The summed E-state index contributed by atoms with van der Waals surface area (Å²) < 4.78 is 6.93. The summed E-state index contributed by atoms with van der Waals surface area (Å²) in [6.07, 6.45) is 2.00. The Kier molecular flexibility index (Phi) is 3.71. The van der Waals surface area contributed by atoms with E-state index in [-0.39, 0.29) is 11.7 Å². The second kappa shape index (κ2) is 5.49. The maximum absolute atomic E-state index is 12.1. The number of morpholine rings is 1. The van der Waals surface area contributed by atoms with Gasteiger partial charge in [0.05, 0.1) is 12.7 Å². The largest absolute Gasteiger partial charge is 0.375 e. The molecule has 1 atom stereocenters. The van der Waals surface area contributed by atoms with Crippen LogP contribution in [0.5, 0.6) is 0 Å². The highest BCUT2D eigenvalue weighted by molar-refractivity contribution is 7.20. The number of fused-ring (bicyclic) bond motifs is 1. The molecule has 2 aromatic rings. The molecule has 1 saturated heterocycles. The summed E-state index contributed by atoms with van der Waals surface area (Å²) in [7, 11) is 0. The Morgan fingerprint density at radius 2 is 2.40 bits per heavy atom. The van der Waals surface area contributed by atoms with E-state index in [1.165, 1.54) is 15.9 Å². The number of aromatic nitrogens is 3. The SMILES string of the molecule is CCCc1cc(=O)n2nc(N3CCOC(C)C3)sc2n1. The quantitative estimate of drug-likeness (QED) is 0.854. The van der Waals surface area contributed by atoms with Gasteiger partial charge < -0.3 is 9.64 Å². The Labute approximate surface area is 121 Å². The topological polar surface area (TPSA) is 59.7 Å². The maximum Gasteiger partial charge on any atom is 0.275 e. The lowest BCUT2D eigenvalue weighted by molar-refractivity contribution is 0.0531. The van der Waals surface area contributed by atoms with E-state index in [9.17, 15) is 4.79 Å². The first-order valence-corrected chi connectivity index (χ1v) is 7.75. The van der Waals surface area contributed by atoms with Crippen LogP contribution in [0.2, 0.25) is 0 Å². The smallest absolute Gasteiger partial charge is 0.275 e. The molecule has 0 amide bonds. The molecule has 0 spiro atoms. The molecule has 7 heteroatoms. The second-order valence-electron chi connectivity index (χ2n) is 5.04. The zero-order valence-corrected chi connectivity index (χ0v) is 12.5. The van der Waals surface area contributed by atoms with Gasteiger partial charge in [-0.2, -0.15) is 4.52 Å². The van der Waals surface area contributed by atoms with Crippen molar-refractivity contribution in [2.24, 2.45) is 0 Å². The number of hydrogen-bond donors (Lipinski definition) is 0. The third-order valence-electron chi connectivity index (χ3n) is 3.31. The van der Waals surface area contributed by atoms with Crippen LogP contribution in [0.15, 0.2) is 10.9 Å². The average molecular weight is 294 g/mol. The molecule has 0 aromatic carbocycles. The van der Waals surface area contributed by atoms with Crippen LogP contribution in [-0.4, -0.2) is 40.4 Å². The Morgan fingerprint density at radius 3 is 3.15 bits per heavy atom. The van der Waals surface area contributed by atoms with Crippen molar-refractivity contribution in [3.05, 3.63) is 22.1 Å². The van der Waals surface area contributed by atoms with Crippen molar-refractivity contribution in [3.63, 3.8) is 0 Å². The molecular formula is C13H18N4O2S. The van der Waals surface area contributed by atoms with Gasteiger partial charge in [-0.15, -0.1) is 5.10 Å². The van der Waals surface area contributed by atoms with Gasteiger partial charge in [0.25, 0.3) is 5.56 Å². The lowest BCUT2D eigenvalue weighted by Gasteiger charge is -2.30. The fourth-order valence-electron chi connectivity index (χ4n) is 2.35. The van der Waals surface area contributed by atoms with Crippen LogP contribution in [0.4, 0.5) is 5.13 Å². The van der Waals surface area contributed by atoms with Crippen LogP contribution in [0.25, 0.3) is 4.96 Å². The Bertz CT molecular complexity index is 666. The summed E-state index contributed by atoms with van der Waals surface area (Å²) in [6.45, 7) is 6.43. The van der Waals surface area contributed by atoms with Crippen molar-refractivity contribution in [1.29, 1.82) is 0 Å². The molecule has 3 rings (SSSR count). The summed E-state index contributed by atoms with van der Waals surface area (Å²) in [5.41, 5.74) is 0.755. The molecule has 0 radical (unpaired) electrons. The number of nitrogens with zero attached hydrogens (tertiary/aromatic N) is 4. The van der Waals surface area contributed by atoms with Crippen molar-refractivity contribution in [3.8, 4) is 0 Å². The molecule has 3 heterocycles. The molecule has 0 aliphatic carbocycles. The van der Waals surface area contributed by atoms with Crippen LogP contribution in [0.1, 0.15) is 26.0 Å². The molecular weight excluding hydrogens is 276 g/mol. The predicted octanol–water partition coefficient (Wildman–Crippen LogP) is 1.33. The van der Waals surface area contributed by atoms with Gasteiger partial charge in [-0.1, -0.05) is 24.7 Å². The molecule has 1 fully saturated rings. The van der Waals surface area contributed by atoms with Gasteiger partial charge in [-0.25, -0.2) is 4.98 Å². The fourth-order valence-corrected chi connectivity index (χ4v) is 3.31. The summed E-state index contributed by atoms with van der Waals surface area (Å²) >= 11 is 1.47. The minimum absolute atomic E-state index is 0.0951. The lowest BCUT2D eigenvalue weighted by atomic mass is 10.2. The Morgan fingerprint density at radius 1 is 1.55 bits per heavy atom. The van der Waals surface area contributed by atoms with Crippen molar-refractivity contribution in [1.82, 2.24) is 14.6 Å². The van der Waals surface area contributed by atoms with Crippen LogP contribution in [0.3, 0.4) is 0 Å². The third-order valence-corrected chi connectivity index (χ3v) is 4.27. The molecule has 0 saturated carbocycles. The zero-order valence-electron chi connectivity index (χ0n) is 11.7. The minimum atomic E-state index is -0.0951. The summed E-state index contributed by atoms with van der Waals surface area (Å²) in [5, 5.41) is 5.25. The predicted molar refractivity (Wildman–Crippen MR) is 78.8 cm³/mol. The van der Waals surface area contributed by atoms with Crippen LogP contribution < -0.4 is 10.5 Å². The number of anilines is 1. The van der Waals surface area contributed by atoms with Crippen molar-refractivity contribution < 1.29 is 4.74 Å². The molecule has 20 heavy (non-hydrogen) atoms. The maximum atomic E-state index is 12.1. The summed E-state index contributed by atoms with van der Waals surface area (Å²) in [4.78, 5) is 19.4. The molecule has 1 aliphatic heterocycles. The molecule has 6 nitrogen and oxygen atoms in total. The van der Waals surface area contributed by atoms with E-state index in [1.54, 1.807) is 6.07 Å². The first-order valence-electron chi connectivity index (χ1n) is 6.93. The van der Waals surface area contributed by atoms with Crippen molar-refractivity contribution >= 4 is 21.4 Å². The minimum Gasteiger partial charge on any atom is -0.375 e. The Balaban J connectivity index is 1.97. The van der Waals surface area contributed by atoms with Gasteiger partial charge in [0, 0.05) is 24.8 Å². The second-order valence-corrected chi connectivity index (χ2v) is 5.98. The van der Waals surface area contributed by atoms with Gasteiger partial charge in [-0.3, -0.25) is 4.79 Å². The standard InChI is InChI=1S/C13H18N4O2S/c1-3-4-10-7-11(18)17-12(14-10)20-13(15-17)16-5-6-19-9(2)8-16/h7,9H,3-6,8H2,1-2H3. The number of ether oxygens (including phenoxy) is 1. The summed E-state index contributed by atoms with van der Waals surface area (Å²) in [6, 6.07) is 1.59. The van der Waals surface area contributed by atoms with Crippen LogP contribution >= 0.6 is 11.3 Å². The molecule has 0 bridgehead atoms. The van der Waals surface area contributed by atoms with E-state index in [0.29, 0.717) is 11.6 Å². The molecule has 1 aliphatic rings. The molecule has 0 N–H and O–H groups in total. The summed E-state index contributed by atoms with van der Waals surface area (Å²) in [5.74, 6) is 0. The van der Waals surface area contributed by atoms with Crippen LogP contribution in [-0.2, 0) is 11.2 Å². The normalized spacial score (nSPS) is 19.7. The first-order chi connectivity index (χ1) is 9.67. The first kappa shape index (κ1) is 13.5. The highest BCUT2D eigenvalue weighted by Gasteiger charge is 2.21. The van der Waals surface area contributed by atoms with E-state index in [4.69, 9.17) is 4.74 Å². The number of hydrogen-bond acceptors (Lipinski definition) is 6. The van der Waals surface area contributed by atoms with E-state index in [0.717, 1.165) is 36.8 Å². The van der Waals surface area contributed by atoms with E-state index >= 15 is 0 Å². The third kappa shape index (κ3) is 2.55. The lowest BCUT2D eigenvalue weighted by Crippen LogP contribution is -2.41. The Hall–Kier alpha value is -1.47. The van der Waals surface area contributed by atoms with E-state index < -0.39 is 0 Å². The molecule has 108 valence electrons. The number of rotatable bonds is 3. The monoisotopic (exact) mass is 294 g/mol.